The van der Waals surface area contributed by atoms with Crippen LogP contribution in [-0.2, 0) is 4.79 Å². The molecule has 1 aromatic rings. The zero-order chi connectivity index (χ0) is 16.4. The third-order valence-electron chi connectivity index (χ3n) is 5.24. The summed E-state index contributed by atoms with van der Waals surface area (Å²) < 4.78 is 13.4. The van der Waals surface area contributed by atoms with E-state index < -0.39 is 0 Å². The lowest BCUT2D eigenvalue weighted by molar-refractivity contribution is -0.120. The Morgan fingerprint density at radius 2 is 2.04 bits per heavy atom. The van der Waals surface area contributed by atoms with Gasteiger partial charge in [0.05, 0.1) is 6.04 Å². The van der Waals surface area contributed by atoms with Gasteiger partial charge in [-0.15, -0.1) is 0 Å². The van der Waals surface area contributed by atoms with E-state index in [4.69, 9.17) is 0 Å². The molecule has 2 heterocycles. The first-order valence-corrected chi connectivity index (χ1v) is 8.59. The van der Waals surface area contributed by atoms with E-state index in [0.717, 1.165) is 25.1 Å². The number of amides is 1. The van der Waals surface area contributed by atoms with Crippen LogP contribution in [0.25, 0.3) is 0 Å². The van der Waals surface area contributed by atoms with Crippen LogP contribution in [0.5, 0.6) is 0 Å². The standard InChI is InChI=1S/C18H26FN3O/c1-13-5-6-15(19)11-17(13)20-18(23)14(2)22-10-7-16(12-22)21-8-3-4-9-21/h5-6,11,14,16H,3-4,7-10,12H2,1-2H3,(H,20,23). The van der Waals surface area contributed by atoms with Crippen LogP contribution in [0.1, 0.15) is 31.7 Å². The van der Waals surface area contributed by atoms with Crippen molar-refractivity contribution in [2.24, 2.45) is 0 Å². The van der Waals surface area contributed by atoms with Crippen molar-refractivity contribution in [3.05, 3.63) is 29.6 Å². The second kappa shape index (κ2) is 6.97. The van der Waals surface area contributed by atoms with Crippen LogP contribution in [0.2, 0.25) is 0 Å². The number of likely N-dealkylation sites (tertiary alicyclic amines) is 2. The fourth-order valence-corrected chi connectivity index (χ4v) is 3.66. The average Bonchev–Trinajstić information content (AvgIpc) is 3.20. The number of halogens is 1. The fourth-order valence-electron chi connectivity index (χ4n) is 3.66. The summed E-state index contributed by atoms with van der Waals surface area (Å²) in [6, 6.07) is 4.88. The van der Waals surface area contributed by atoms with Gasteiger partial charge in [-0.05, 0) is 63.9 Å². The predicted octanol–water partition coefficient (Wildman–Crippen LogP) is 2.63. The maximum absolute atomic E-state index is 13.4. The maximum atomic E-state index is 13.4. The Morgan fingerprint density at radius 1 is 1.30 bits per heavy atom. The molecule has 0 aliphatic carbocycles. The van der Waals surface area contributed by atoms with E-state index in [9.17, 15) is 9.18 Å². The van der Waals surface area contributed by atoms with Crippen LogP contribution in [0, 0.1) is 12.7 Å². The highest BCUT2D eigenvalue weighted by atomic mass is 19.1. The SMILES string of the molecule is Cc1ccc(F)cc1NC(=O)C(C)N1CCC(N2CCCC2)C1. The first-order chi connectivity index (χ1) is 11.0. The Labute approximate surface area is 137 Å². The summed E-state index contributed by atoms with van der Waals surface area (Å²) in [5.74, 6) is -0.380. The van der Waals surface area contributed by atoms with E-state index in [1.54, 1.807) is 6.07 Å². The van der Waals surface area contributed by atoms with Crippen LogP contribution in [0.3, 0.4) is 0 Å². The molecule has 1 aromatic carbocycles. The van der Waals surface area contributed by atoms with Crippen molar-refractivity contribution in [2.45, 2.75) is 45.2 Å². The van der Waals surface area contributed by atoms with Crippen LogP contribution in [-0.4, -0.2) is 54.0 Å². The Balaban J connectivity index is 1.58. The zero-order valence-electron chi connectivity index (χ0n) is 14.0. The molecule has 2 atom stereocenters. The van der Waals surface area contributed by atoms with Crippen molar-refractivity contribution in [3.8, 4) is 0 Å². The van der Waals surface area contributed by atoms with Crippen LogP contribution >= 0.6 is 0 Å². The van der Waals surface area contributed by atoms with Gasteiger partial charge in [-0.25, -0.2) is 4.39 Å². The molecule has 0 aromatic heterocycles. The first kappa shape index (κ1) is 16.4. The van der Waals surface area contributed by atoms with Crippen molar-refractivity contribution in [1.82, 2.24) is 9.80 Å². The lowest BCUT2D eigenvalue weighted by atomic mass is 10.2. The number of carbonyl (C=O) groups is 1. The molecule has 23 heavy (non-hydrogen) atoms. The molecular weight excluding hydrogens is 293 g/mol. The highest BCUT2D eigenvalue weighted by Crippen LogP contribution is 2.23. The van der Waals surface area contributed by atoms with Crippen LogP contribution in [0.4, 0.5) is 10.1 Å². The number of carbonyl (C=O) groups excluding carboxylic acids is 1. The van der Waals surface area contributed by atoms with Crippen molar-refractivity contribution >= 4 is 11.6 Å². The number of benzene rings is 1. The summed E-state index contributed by atoms with van der Waals surface area (Å²) in [4.78, 5) is 17.3. The third kappa shape index (κ3) is 3.72. The minimum Gasteiger partial charge on any atom is -0.324 e. The number of nitrogens with zero attached hydrogens (tertiary/aromatic N) is 2. The van der Waals surface area contributed by atoms with E-state index in [2.05, 4.69) is 15.1 Å². The smallest absolute Gasteiger partial charge is 0.241 e. The van der Waals surface area contributed by atoms with Crippen LogP contribution < -0.4 is 5.32 Å². The second-order valence-electron chi connectivity index (χ2n) is 6.80. The minimum atomic E-state index is -0.325. The Kier molecular flexibility index (Phi) is 4.97. The van der Waals surface area contributed by atoms with E-state index in [-0.39, 0.29) is 17.8 Å². The van der Waals surface area contributed by atoms with Gasteiger partial charge in [-0.2, -0.15) is 0 Å². The van der Waals surface area contributed by atoms with E-state index in [1.165, 1.54) is 38.1 Å². The van der Waals surface area contributed by atoms with Gasteiger partial charge < -0.3 is 5.32 Å². The van der Waals surface area contributed by atoms with Crippen molar-refractivity contribution in [2.75, 3.05) is 31.5 Å². The summed E-state index contributed by atoms with van der Waals surface area (Å²) >= 11 is 0. The lowest BCUT2D eigenvalue weighted by Crippen LogP contribution is -2.43. The molecule has 2 unspecified atom stereocenters. The van der Waals surface area contributed by atoms with E-state index in [1.807, 2.05) is 13.8 Å². The second-order valence-corrected chi connectivity index (χ2v) is 6.80. The molecule has 2 fully saturated rings. The molecular formula is C18H26FN3O. The van der Waals surface area contributed by atoms with Gasteiger partial charge in [0.1, 0.15) is 5.82 Å². The van der Waals surface area contributed by atoms with Gasteiger partial charge in [-0.1, -0.05) is 6.07 Å². The molecule has 3 rings (SSSR count). The lowest BCUT2D eigenvalue weighted by Gasteiger charge is -2.26. The third-order valence-corrected chi connectivity index (χ3v) is 5.24. The quantitative estimate of drug-likeness (QED) is 0.927. The van der Waals surface area contributed by atoms with Crippen LogP contribution in [0.15, 0.2) is 18.2 Å². The molecule has 2 aliphatic rings. The van der Waals surface area contributed by atoms with E-state index >= 15 is 0 Å². The summed E-state index contributed by atoms with van der Waals surface area (Å²) in [7, 11) is 0. The highest BCUT2D eigenvalue weighted by molar-refractivity contribution is 5.95. The van der Waals surface area contributed by atoms with E-state index in [0.29, 0.717) is 11.7 Å². The largest absolute Gasteiger partial charge is 0.324 e. The summed E-state index contributed by atoms with van der Waals surface area (Å²) in [6.45, 7) is 8.12. The number of anilines is 1. The summed E-state index contributed by atoms with van der Waals surface area (Å²) in [5, 5.41) is 2.88. The van der Waals surface area contributed by atoms with Gasteiger partial charge in [0.25, 0.3) is 0 Å². The molecule has 126 valence electrons. The Morgan fingerprint density at radius 3 is 2.78 bits per heavy atom. The van der Waals surface area contributed by atoms with Gasteiger partial charge >= 0.3 is 0 Å². The topological polar surface area (TPSA) is 35.6 Å². The molecule has 4 nitrogen and oxygen atoms in total. The molecule has 5 heteroatoms. The van der Waals surface area contributed by atoms with Gasteiger partial charge in [0.15, 0.2) is 0 Å². The monoisotopic (exact) mass is 319 g/mol. The van der Waals surface area contributed by atoms with Crippen molar-refractivity contribution in [1.29, 1.82) is 0 Å². The molecule has 0 radical (unpaired) electrons. The number of rotatable bonds is 4. The average molecular weight is 319 g/mol. The molecule has 2 aliphatic heterocycles. The maximum Gasteiger partial charge on any atom is 0.241 e. The number of hydrogen-bond donors (Lipinski definition) is 1. The first-order valence-electron chi connectivity index (χ1n) is 8.59. The highest BCUT2D eigenvalue weighted by Gasteiger charge is 2.33. The van der Waals surface area contributed by atoms with Gasteiger partial charge in [-0.3, -0.25) is 14.6 Å². The predicted molar refractivity (Wildman–Crippen MR) is 90.0 cm³/mol. The normalized spacial score (nSPS) is 24.0. The molecule has 0 spiro atoms. The van der Waals surface area contributed by atoms with Crippen molar-refractivity contribution < 1.29 is 9.18 Å². The number of hydrogen-bond acceptors (Lipinski definition) is 3. The fraction of sp³-hybridized carbons (Fsp3) is 0.611. The minimum absolute atomic E-state index is 0.0548. The zero-order valence-corrected chi connectivity index (χ0v) is 14.0. The molecule has 0 bridgehead atoms. The van der Waals surface area contributed by atoms with Gasteiger partial charge in [0.2, 0.25) is 5.91 Å². The number of aryl methyl sites for hydroxylation is 1. The Hall–Kier alpha value is -1.46. The Bertz CT molecular complexity index is 571. The molecule has 1 N–H and O–H groups in total. The molecule has 0 saturated carbocycles. The van der Waals surface area contributed by atoms with Gasteiger partial charge in [0, 0.05) is 24.8 Å². The molecule has 2 saturated heterocycles. The summed E-state index contributed by atoms with van der Waals surface area (Å²) in [5.41, 5.74) is 1.44. The molecule has 1 amide bonds. The summed E-state index contributed by atoms with van der Waals surface area (Å²) in [6.07, 6.45) is 3.73. The van der Waals surface area contributed by atoms with Crippen molar-refractivity contribution in [3.63, 3.8) is 0 Å². The number of nitrogens with one attached hydrogen (secondary N) is 1.